The van der Waals surface area contributed by atoms with Crippen LogP contribution < -0.4 is 14.2 Å². The van der Waals surface area contributed by atoms with Gasteiger partial charge in [-0.3, -0.25) is 4.79 Å². The molecule has 2 atom stereocenters. The number of carbonyl (C=O) groups is 1. The zero-order chi connectivity index (χ0) is 23.5. The van der Waals surface area contributed by atoms with E-state index in [0.717, 1.165) is 11.1 Å². The third-order valence-corrected chi connectivity index (χ3v) is 7.04. The average molecular weight is 477 g/mol. The van der Waals surface area contributed by atoms with Gasteiger partial charge in [0, 0.05) is 23.3 Å². The second kappa shape index (κ2) is 7.60. The highest BCUT2D eigenvalue weighted by molar-refractivity contribution is 6.32. The molecule has 0 saturated heterocycles. The monoisotopic (exact) mass is 476 g/mol. The first-order valence-electron chi connectivity index (χ1n) is 10.9. The quantitative estimate of drug-likeness (QED) is 0.511. The van der Waals surface area contributed by atoms with E-state index in [1.54, 1.807) is 24.3 Å². The van der Waals surface area contributed by atoms with E-state index in [-0.39, 0.29) is 19.2 Å². The van der Waals surface area contributed by atoms with Gasteiger partial charge in [-0.25, -0.2) is 0 Å². The molecule has 0 fully saturated rings. The van der Waals surface area contributed by atoms with Gasteiger partial charge in [0.15, 0.2) is 11.5 Å². The molecule has 1 spiro atoms. The number of hydrogen-bond acceptors (Lipinski definition) is 6. The fourth-order valence-electron chi connectivity index (χ4n) is 5.02. The number of rotatable bonds is 3. The lowest BCUT2D eigenvalue weighted by Gasteiger charge is -2.49. The van der Waals surface area contributed by atoms with Crippen molar-refractivity contribution in [3.8, 4) is 17.2 Å². The number of halogens is 1. The topological polar surface area (TPSA) is 63.2 Å². The van der Waals surface area contributed by atoms with Crippen molar-refractivity contribution < 1.29 is 28.5 Å². The van der Waals surface area contributed by atoms with Gasteiger partial charge in [0.25, 0.3) is 5.79 Å². The van der Waals surface area contributed by atoms with Crippen LogP contribution in [-0.4, -0.2) is 31.9 Å². The third kappa shape index (κ3) is 2.73. The molecular formula is C27H21ClO6. The van der Waals surface area contributed by atoms with Crippen molar-refractivity contribution in [2.45, 2.75) is 18.3 Å². The predicted molar refractivity (Wildman–Crippen MR) is 126 cm³/mol. The fourth-order valence-corrected chi connectivity index (χ4v) is 5.18. The van der Waals surface area contributed by atoms with Crippen LogP contribution in [0.4, 0.5) is 0 Å². The Morgan fingerprint density at radius 2 is 1.76 bits per heavy atom. The number of benzene rings is 3. The molecule has 34 heavy (non-hydrogen) atoms. The smallest absolute Gasteiger partial charge is 0.278 e. The van der Waals surface area contributed by atoms with E-state index >= 15 is 0 Å². The molecule has 3 aliphatic heterocycles. The lowest BCUT2D eigenvalue weighted by Crippen LogP contribution is -2.64. The second-order valence-electron chi connectivity index (χ2n) is 8.39. The van der Waals surface area contributed by atoms with Crippen molar-refractivity contribution in [3.05, 3.63) is 94.0 Å². The molecule has 172 valence electrons. The highest BCUT2D eigenvalue weighted by Crippen LogP contribution is 2.57. The largest absolute Gasteiger partial charge is 0.454 e. The molecule has 0 unspecified atom stereocenters. The molecule has 0 amide bonds. The Bertz CT molecular complexity index is 1350. The standard InChI is InChI=1S/C27H21ClO6/c1-16-12-23-19(14-21(16)28)25(29)26(20(10-11-33-26)17-6-4-3-5-7-17)27(30-2,34-23)18-8-9-22-24(13-18)32-15-31-22/h3-10,12-14H,11,15H2,1-2H3/t26-,27+/m1/s1. The Hall–Kier alpha value is -3.32. The highest BCUT2D eigenvalue weighted by atomic mass is 35.5. The first-order valence-corrected chi connectivity index (χ1v) is 11.3. The van der Waals surface area contributed by atoms with Gasteiger partial charge in [0.2, 0.25) is 18.2 Å². The molecule has 7 heteroatoms. The van der Waals surface area contributed by atoms with Crippen LogP contribution in [0.2, 0.25) is 5.02 Å². The summed E-state index contributed by atoms with van der Waals surface area (Å²) in [4.78, 5) is 14.4. The summed E-state index contributed by atoms with van der Waals surface area (Å²) in [5.41, 5.74) is 1.57. The fraction of sp³-hybridized carbons (Fsp3) is 0.222. The maximum absolute atomic E-state index is 14.4. The number of aryl methyl sites for hydroxylation is 1. The van der Waals surface area contributed by atoms with Crippen molar-refractivity contribution in [2.24, 2.45) is 0 Å². The molecule has 0 aliphatic carbocycles. The number of carbonyl (C=O) groups excluding carboxylic acids is 1. The Balaban J connectivity index is 1.65. The van der Waals surface area contributed by atoms with Gasteiger partial charge in [0.1, 0.15) is 5.75 Å². The number of fused-ring (bicyclic) bond motifs is 2. The molecule has 3 aliphatic rings. The second-order valence-corrected chi connectivity index (χ2v) is 8.80. The lowest BCUT2D eigenvalue weighted by atomic mass is 9.72. The Morgan fingerprint density at radius 1 is 0.971 bits per heavy atom. The summed E-state index contributed by atoms with van der Waals surface area (Å²) < 4.78 is 30.3. The summed E-state index contributed by atoms with van der Waals surface area (Å²) >= 11 is 6.42. The van der Waals surface area contributed by atoms with Crippen LogP contribution in [0.1, 0.15) is 27.0 Å². The van der Waals surface area contributed by atoms with Crippen LogP contribution in [0.25, 0.3) is 5.57 Å². The van der Waals surface area contributed by atoms with Crippen LogP contribution in [0.3, 0.4) is 0 Å². The minimum Gasteiger partial charge on any atom is -0.454 e. The number of hydrogen-bond donors (Lipinski definition) is 0. The number of ketones is 1. The van der Waals surface area contributed by atoms with Gasteiger partial charge >= 0.3 is 0 Å². The van der Waals surface area contributed by atoms with Gasteiger partial charge in [-0.15, -0.1) is 0 Å². The molecule has 0 saturated carbocycles. The molecule has 0 radical (unpaired) electrons. The summed E-state index contributed by atoms with van der Waals surface area (Å²) in [5.74, 6) is -0.402. The van der Waals surface area contributed by atoms with E-state index in [1.165, 1.54) is 7.11 Å². The summed E-state index contributed by atoms with van der Waals surface area (Å²) in [7, 11) is 1.51. The van der Waals surface area contributed by atoms with E-state index in [2.05, 4.69) is 0 Å². The van der Waals surface area contributed by atoms with Crippen LogP contribution >= 0.6 is 11.6 Å². The van der Waals surface area contributed by atoms with Crippen molar-refractivity contribution in [3.63, 3.8) is 0 Å². The van der Waals surface area contributed by atoms with E-state index in [0.29, 0.717) is 39.0 Å². The van der Waals surface area contributed by atoms with Gasteiger partial charge in [-0.1, -0.05) is 48.0 Å². The first-order chi connectivity index (χ1) is 16.5. The first kappa shape index (κ1) is 21.2. The van der Waals surface area contributed by atoms with E-state index in [1.807, 2.05) is 49.4 Å². The zero-order valence-corrected chi connectivity index (χ0v) is 19.3. The third-order valence-electron chi connectivity index (χ3n) is 6.63. The Morgan fingerprint density at radius 3 is 2.56 bits per heavy atom. The summed E-state index contributed by atoms with van der Waals surface area (Å²) in [6, 6.07) is 18.4. The molecular weight excluding hydrogens is 456 g/mol. The van der Waals surface area contributed by atoms with E-state index in [4.69, 9.17) is 35.3 Å². The predicted octanol–water partition coefficient (Wildman–Crippen LogP) is 5.30. The van der Waals surface area contributed by atoms with Crippen molar-refractivity contribution >= 4 is 23.0 Å². The Kier molecular flexibility index (Phi) is 4.74. The minimum absolute atomic E-state index is 0.121. The lowest BCUT2D eigenvalue weighted by molar-refractivity contribution is -0.254. The van der Waals surface area contributed by atoms with Crippen molar-refractivity contribution in [2.75, 3.05) is 20.5 Å². The highest BCUT2D eigenvalue weighted by Gasteiger charge is 2.68. The molecule has 6 rings (SSSR count). The molecule has 3 aromatic carbocycles. The number of ether oxygens (including phenoxy) is 5. The maximum Gasteiger partial charge on any atom is 0.278 e. The van der Waals surface area contributed by atoms with Crippen molar-refractivity contribution in [1.29, 1.82) is 0 Å². The van der Waals surface area contributed by atoms with Gasteiger partial charge < -0.3 is 23.7 Å². The molecule has 6 nitrogen and oxygen atoms in total. The van der Waals surface area contributed by atoms with Crippen LogP contribution in [-0.2, 0) is 15.3 Å². The molecule has 3 aromatic rings. The van der Waals surface area contributed by atoms with Gasteiger partial charge in [-0.2, -0.15) is 0 Å². The summed E-state index contributed by atoms with van der Waals surface area (Å²) in [5, 5.41) is 0.474. The summed E-state index contributed by atoms with van der Waals surface area (Å²) in [6.07, 6.45) is 1.90. The summed E-state index contributed by atoms with van der Waals surface area (Å²) in [6.45, 7) is 2.19. The normalized spacial score (nSPS) is 24.7. The molecule has 3 heterocycles. The average Bonchev–Trinajstić information content (AvgIpc) is 3.51. The molecule has 0 aromatic heterocycles. The van der Waals surface area contributed by atoms with Crippen LogP contribution in [0, 0.1) is 6.92 Å². The van der Waals surface area contributed by atoms with Crippen molar-refractivity contribution in [1.82, 2.24) is 0 Å². The zero-order valence-electron chi connectivity index (χ0n) is 18.6. The van der Waals surface area contributed by atoms with Gasteiger partial charge in [-0.05, 0) is 48.4 Å². The van der Waals surface area contributed by atoms with Crippen LogP contribution in [0.15, 0.2) is 66.7 Å². The number of Topliss-reactive ketones (excluding diaryl/α,β-unsaturated/α-hetero) is 1. The minimum atomic E-state index is -1.64. The Labute approximate surface area is 201 Å². The van der Waals surface area contributed by atoms with Crippen LogP contribution in [0.5, 0.6) is 17.2 Å². The maximum atomic E-state index is 14.4. The molecule has 0 bridgehead atoms. The van der Waals surface area contributed by atoms with E-state index in [9.17, 15) is 4.79 Å². The van der Waals surface area contributed by atoms with E-state index < -0.39 is 11.4 Å². The SMILES string of the molecule is CO[C@@]1(c2ccc3c(c2)OCO3)Oc2cc(C)c(Cl)cc2C(=O)[C@@]12OCC=C2c1ccccc1. The number of methoxy groups -OCH3 is 1. The molecule has 0 N–H and O–H groups in total. The van der Waals surface area contributed by atoms with Gasteiger partial charge in [0.05, 0.1) is 12.2 Å².